The largest absolute Gasteiger partial charge is 0.398 e. The van der Waals surface area contributed by atoms with Crippen molar-refractivity contribution in [3.8, 4) is 0 Å². The number of nitrogen functional groups attached to an aromatic ring is 1. The summed E-state index contributed by atoms with van der Waals surface area (Å²) in [6.07, 6.45) is 1.40. The molecule has 0 fully saturated rings. The molecule has 0 saturated heterocycles. The van der Waals surface area contributed by atoms with Crippen LogP contribution in [0, 0.1) is 5.82 Å². The first kappa shape index (κ1) is 12.6. The van der Waals surface area contributed by atoms with Crippen molar-refractivity contribution >= 4 is 23.1 Å². The van der Waals surface area contributed by atoms with Crippen LogP contribution in [0.5, 0.6) is 0 Å². The second-order valence-corrected chi connectivity index (χ2v) is 4.42. The number of nitrogens with one attached hydrogen (secondary N) is 1. The van der Waals surface area contributed by atoms with E-state index in [1.165, 1.54) is 12.3 Å². The molecule has 3 N–H and O–H groups in total. The minimum Gasteiger partial charge on any atom is -0.398 e. The molecular formula is C13H13ClFN3. The molecule has 0 aliphatic rings. The monoisotopic (exact) mass is 265 g/mol. The van der Waals surface area contributed by atoms with E-state index in [0.29, 0.717) is 5.69 Å². The van der Waals surface area contributed by atoms with Gasteiger partial charge in [-0.3, -0.25) is 0 Å². The topological polar surface area (TPSA) is 50.9 Å². The number of nitrogens with zero attached hydrogens (tertiary/aromatic N) is 1. The number of para-hydroxylation sites is 1. The molecule has 1 atom stereocenters. The summed E-state index contributed by atoms with van der Waals surface area (Å²) in [4.78, 5) is 3.91. The molecule has 1 aromatic heterocycles. The number of pyridine rings is 1. The Balaban J connectivity index is 2.21. The van der Waals surface area contributed by atoms with Gasteiger partial charge in [-0.1, -0.05) is 29.8 Å². The lowest BCUT2D eigenvalue weighted by atomic mass is 10.1. The van der Waals surface area contributed by atoms with Crippen LogP contribution in [0.3, 0.4) is 0 Å². The molecule has 0 bridgehead atoms. The number of aromatic nitrogens is 1. The normalized spacial score (nSPS) is 12.2. The number of hydrogen-bond acceptors (Lipinski definition) is 3. The molecule has 1 unspecified atom stereocenters. The SMILES string of the molecule is CC(Nc1ncc(Cl)cc1F)c1ccccc1N. The fourth-order valence-corrected chi connectivity index (χ4v) is 1.85. The lowest BCUT2D eigenvalue weighted by Gasteiger charge is -2.17. The molecule has 1 aromatic carbocycles. The van der Waals surface area contributed by atoms with Crippen LogP contribution < -0.4 is 11.1 Å². The molecule has 5 heteroatoms. The molecule has 94 valence electrons. The van der Waals surface area contributed by atoms with Gasteiger partial charge in [0.1, 0.15) is 0 Å². The van der Waals surface area contributed by atoms with E-state index in [1.54, 1.807) is 6.07 Å². The van der Waals surface area contributed by atoms with Crippen molar-refractivity contribution < 1.29 is 4.39 Å². The van der Waals surface area contributed by atoms with Crippen molar-refractivity contribution in [3.05, 3.63) is 52.9 Å². The quantitative estimate of drug-likeness (QED) is 0.833. The molecule has 0 saturated carbocycles. The minimum absolute atomic E-state index is 0.144. The van der Waals surface area contributed by atoms with Gasteiger partial charge in [0.25, 0.3) is 0 Å². The van der Waals surface area contributed by atoms with Gasteiger partial charge in [-0.15, -0.1) is 0 Å². The zero-order valence-electron chi connectivity index (χ0n) is 9.82. The van der Waals surface area contributed by atoms with E-state index < -0.39 is 5.82 Å². The number of anilines is 2. The van der Waals surface area contributed by atoms with Crippen LogP contribution in [-0.2, 0) is 0 Å². The molecule has 0 aliphatic carbocycles. The lowest BCUT2D eigenvalue weighted by molar-refractivity contribution is 0.621. The highest BCUT2D eigenvalue weighted by atomic mass is 35.5. The molecule has 2 aromatic rings. The van der Waals surface area contributed by atoms with Crippen LogP contribution in [0.15, 0.2) is 36.5 Å². The summed E-state index contributed by atoms with van der Waals surface area (Å²) in [7, 11) is 0. The van der Waals surface area contributed by atoms with Crippen LogP contribution in [0.2, 0.25) is 5.02 Å². The van der Waals surface area contributed by atoms with Crippen molar-refractivity contribution in [1.82, 2.24) is 4.98 Å². The van der Waals surface area contributed by atoms with Crippen molar-refractivity contribution in [3.63, 3.8) is 0 Å². The van der Waals surface area contributed by atoms with Gasteiger partial charge >= 0.3 is 0 Å². The molecule has 1 heterocycles. The zero-order valence-corrected chi connectivity index (χ0v) is 10.6. The molecule has 3 nitrogen and oxygen atoms in total. The van der Waals surface area contributed by atoms with Crippen LogP contribution in [0.4, 0.5) is 15.9 Å². The van der Waals surface area contributed by atoms with Gasteiger partial charge in [0.2, 0.25) is 0 Å². The van der Waals surface area contributed by atoms with Crippen LogP contribution in [0.25, 0.3) is 0 Å². The van der Waals surface area contributed by atoms with Crippen molar-refractivity contribution in [1.29, 1.82) is 0 Å². The molecule has 0 amide bonds. The van der Waals surface area contributed by atoms with E-state index in [2.05, 4.69) is 10.3 Å². The van der Waals surface area contributed by atoms with E-state index in [4.69, 9.17) is 17.3 Å². The predicted octanol–water partition coefficient (Wildman–Crippen LogP) is 3.63. The van der Waals surface area contributed by atoms with Crippen LogP contribution >= 0.6 is 11.6 Å². The number of rotatable bonds is 3. The van der Waals surface area contributed by atoms with E-state index >= 15 is 0 Å². The lowest BCUT2D eigenvalue weighted by Crippen LogP contribution is -2.11. The summed E-state index contributed by atoms with van der Waals surface area (Å²) < 4.78 is 13.6. The first-order chi connectivity index (χ1) is 8.58. The van der Waals surface area contributed by atoms with Gasteiger partial charge in [0.05, 0.1) is 11.1 Å². The Bertz CT molecular complexity index is 560. The van der Waals surface area contributed by atoms with Gasteiger partial charge in [0.15, 0.2) is 11.6 Å². The number of nitrogens with two attached hydrogens (primary N) is 1. The summed E-state index contributed by atoms with van der Waals surface area (Å²) in [5, 5.41) is 3.24. The second kappa shape index (κ2) is 5.23. The summed E-state index contributed by atoms with van der Waals surface area (Å²) in [5.41, 5.74) is 7.42. The van der Waals surface area contributed by atoms with Gasteiger partial charge in [-0.25, -0.2) is 9.37 Å². The Morgan fingerprint density at radius 2 is 2.11 bits per heavy atom. The predicted molar refractivity (Wildman–Crippen MR) is 72.1 cm³/mol. The van der Waals surface area contributed by atoms with E-state index in [9.17, 15) is 4.39 Å². The second-order valence-electron chi connectivity index (χ2n) is 3.98. The number of hydrogen-bond donors (Lipinski definition) is 2. The molecule has 18 heavy (non-hydrogen) atoms. The third-order valence-corrected chi connectivity index (χ3v) is 2.83. The van der Waals surface area contributed by atoms with E-state index in [-0.39, 0.29) is 16.9 Å². The maximum Gasteiger partial charge on any atom is 0.166 e. The molecular weight excluding hydrogens is 253 g/mol. The highest BCUT2D eigenvalue weighted by Crippen LogP contribution is 2.24. The summed E-state index contributed by atoms with van der Waals surface area (Å²) >= 11 is 5.65. The summed E-state index contributed by atoms with van der Waals surface area (Å²) in [6, 6.07) is 8.51. The average Bonchev–Trinajstić information content (AvgIpc) is 2.33. The minimum atomic E-state index is -0.483. The first-order valence-electron chi connectivity index (χ1n) is 5.50. The van der Waals surface area contributed by atoms with Gasteiger partial charge in [0, 0.05) is 11.9 Å². The summed E-state index contributed by atoms with van der Waals surface area (Å²) in [6.45, 7) is 1.89. The van der Waals surface area contributed by atoms with Crippen molar-refractivity contribution in [2.24, 2.45) is 0 Å². The molecule has 2 rings (SSSR count). The molecule has 0 aliphatic heterocycles. The molecule has 0 spiro atoms. The van der Waals surface area contributed by atoms with Crippen LogP contribution in [-0.4, -0.2) is 4.98 Å². The van der Waals surface area contributed by atoms with Crippen molar-refractivity contribution in [2.75, 3.05) is 11.1 Å². The third kappa shape index (κ3) is 2.71. The highest BCUT2D eigenvalue weighted by molar-refractivity contribution is 6.30. The van der Waals surface area contributed by atoms with Gasteiger partial charge in [-0.05, 0) is 24.6 Å². The first-order valence-corrected chi connectivity index (χ1v) is 5.87. The van der Waals surface area contributed by atoms with Gasteiger partial charge in [-0.2, -0.15) is 0 Å². The fourth-order valence-electron chi connectivity index (χ4n) is 1.71. The van der Waals surface area contributed by atoms with E-state index in [0.717, 1.165) is 5.56 Å². The number of benzene rings is 1. The summed E-state index contributed by atoms with van der Waals surface area (Å²) in [5.74, 6) is -0.320. The molecule has 0 radical (unpaired) electrons. The fraction of sp³-hybridized carbons (Fsp3) is 0.154. The van der Waals surface area contributed by atoms with Crippen LogP contribution in [0.1, 0.15) is 18.5 Å². The third-order valence-electron chi connectivity index (χ3n) is 2.62. The maximum atomic E-state index is 13.6. The maximum absolute atomic E-state index is 13.6. The van der Waals surface area contributed by atoms with Gasteiger partial charge < -0.3 is 11.1 Å². The highest BCUT2D eigenvalue weighted by Gasteiger charge is 2.11. The standard InChI is InChI=1S/C13H13ClFN3/c1-8(10-4-2-3-5-12(10)16)18-13-11(15)6-9(14)7-17-13/h2-8H,16H2,1H3,(H,17,18). The Morgan fingerprint density at radius 1 is 1.39 bits per heavy atom. The Kier molecular flexibility index (Phi) is 3.67. The Morgan fingerprint density at radius 3 is 2.78 bits per heavy atom. The number of halogens is 2. The Labute approximate surface area is 110 Å². The Hall–Kier alpha value is -1.81. The zero-order chi connectivity index (χ0) is 13.1. The van der Waals surface area contributed by atoms with Crippen molar-refractivity contribution in [2.45, 2.75) is 13.0 Å². The smallest absolute Gasteiger partial charge is 0.166 e. The van der Waals surface area contributed by atoms with E-state index in [1.807, 2.05) is 25.1 Å². The average molecular weight is 266 g/mol.